The molecule has 0 bridgehead atoms. The lowest BCUT2D eigenvalue weighted by Crippen LogP contribution is -2.02. The van der Waals surface area contributed by atoms with Crippen LogP contribution in [-0.2, 0) is 6.54 Å². The van der Waals surface area contributed by atoms with Gasteiger partial charge in [0.05, 0.1) is 17.0 Å². The van der Waals surface area contributed by atoms with Crippen molar-refractivity contribution < 1.29 is 14.1 Å². The van der Waals surface area contributed by atoms with E-state index in [0.717, 1.165) is 24.6 Å². The monoisotopic (exact) mass is 290 g/mol. The molecular formula is C15H15FN2O3. The highest BCUT2D eigenvalue weighted by atomic mass is 19.1. The number of aromatic nitrogens is 1. The van der Waals surface area contributed by atoms with Gasteiger partial charge in [-0.3, -0.25) is 14.9 Å². The Morgan fingerprint density at radius 2 is 2.14 bits per heavy atom. The first-order valence-electron chi connectivity index (χ1n) is 6.63. The molecule has 2 aromatic rings. The third-order valence-corrected chi connectivity index (χ3v) is 3.14. The first-order valence-corrected chi connectivity index (χ1v) is 6.63. The summed E-state index contributed by atoms with van der Waals surface area (Å²) in [5.74, 6) is -0.491. The molecular weight excluding hydrogens is 275 g/mol. The standard InChI is InChI=1S/C15H15FN2O3/c1-2-3-15(19)11-6-7-17(9-11)10-12-8-13(16)4-5-14(12)18(20)21/h4-9H,2-3,10H2,1H3. The van der Waals surface area contributed by atoms with E-state index in [2.05, 4.69) is 0 Å². The van der Waals surface area contributed by atoms with Crippen molar-refractivity contribution >= 4 is 11.5 Å². The summed E-state index contributed by atoms with van der Waals surface area (Å²) in [5, 5.41) is 10.9. The second-order valence-electron chi connectivity index (χ2n) is 4.78. The van der Waals surface area contributed by atoms with Crippen LogP contribution in [0.4, 0.5) is 10.1 Å². The molecule has 0 aliphatic rings. The molecule has 1 heterocycles. The van der Waals surface area contributed by atoms with Crippen molar-refractivity contribution in [2.24, 2.45) is 0 Å². The largest absolute Gasteiger partial charge is 0.349 e. The lowest BCUT2D eigenvalue weighted by atomic mass is 10.1. The van der Waals surface area contributed by atoms with E-state index in [1.54, 1.807) is 23.0 Å². The summed E-state index contributed by atoms with van der Waals surface area (Å²) in [7, 11) is 0. The minimum Gasteiger partial charge on any atom is -0.349 e. The second-order valence-corrected chi connectivity index (χ2v) is 4.78. The normalized spacial score (nSPS) is 10.6. The third kappa shape index (κ3) is 3.53. The Bertz CT molecular complexity index is 679. The average molecular weight is 290 g/mol. The van der Waals surface area contributed by atoms with E-state index >= 15 is 0 Å². The summed E-state index contributed by atoms with van der Waals surface area (Å²) in [4.78, 5) is 22.2. The van der Waals surface area contributed by atoms with Crippen molar-refractivity contribution in [3.63, 3.8) is 0 Å². The Balaban J connectivity index is 2.24. The number of carbonyl (C=O) groups excluding carboxylic acids is 1. The van der Waals surface area contributed by atoms with Crippen molar-refractivity contribution in [2.75, 3.05) is 0 Å². The lowest BCUT2D eigenvalue weighted by Gasteiger charge is -2.04. The Morgan fingerprint density at radius 1 is 1.38 bits per heavy atom. The van der Waals surface area contributed by atoms with Gasteiger partial charge in [0.15, 0.2) is 5.78 Å². The van der Waals surface area contributed by atoms with Crippen LogP contribution in [0.5, 0.6) is 0 Å². The van der Waals surface area contributed by atoms with Crippen LogP contribution in [-0.4, -0.2) is 15.3 Å². The number of ketones is 1. The van der Waals surface area contributed by atoms with E-state index in [1.807, 2.05) is 6.92 Å². The van der Waals surface area contributed by atoms with E-state index in [9.17, 15) is 19.3 Å². The molecule has 1 aromatic carbocycles. The number of benzene rings is 1. The van der Waals surface area contributed by atoms with Gasteiger partial charge in [0, 0.05) is 30.4 Å². The van der Waals surface area contributed by atoms with Crippen molar-refractivity contribution in [3.8, 4) is 0 Å². The fourth-order valence-corrected chi connectivity index (χ4v) is 2.13. The number of nitrogens with zero attached hydrogens (tertiary/aromatic N) is 2. The van der Waals surface area contributed by atoms with Crippen LogP contribution in [0.15, 0.2) is 36.7 Å². The molecule has 110 valence electrons. The molecule has 0 aliphatic heterocycles. The molecule has 0 saturated heterocycles. The predicted octanol–water partition coefficient (Wildman–Crippen LogP) is 3.57. The van der Waals surface area contributed by atoms with E-state index in [0.29, 0.717) is 12.0 Å². The first kappa shape index (κ1) is 14.9. The summed E-state index contributed by atoms with van der Waals surface area (Å²) in [6.45, 7) is 2.07. The van der Waals surface area contributed by atoms with Gasteiger partial charge in [-0.05, 0) is 24.6 Å². The van der Waals surface area contributed by atoms with E-state index in [1.165, 1.54) is 0 Å². The summed E-state index contributed by atoms with van der Waals surface area (Å²) >= 11 is 0. The van der Waals surface area contributed by atoms with Crippen LogP contribution >= 0.6 is 0 Å². The van der Waals surface area contributed by atoms with Gasteiger partial charge in [-0.15, -0.1) is 0 Å². The molecule has 0 aliphatic carbocycles. The quantitative estimate of drug-likeness (QED) is 0.464. The highest BCUT2D eigenvalue weighted by molar-refractivity contribution is 5.95. The van der Waals surface area contributed by atoms with Gasteiger partial charge in [0.25, 0.3) is 5.69 Å². The highest BCUT2D eigenvalue weighted by Crippen LogP contribution is 2.21. The molecule has 1 aromatic heterocycles. The maximum Gasteiger partial charge on any atom is 0.274 e. The Labute approximate surface area is 121 Å². The lowest BCUT2D eigenvalue weighted by molar-refractivity contribution is -0.385. The molecule has 2 rings (SSSR count). The Morgan fingerprint density at radius 3 is 2.81 bits per heavy atom. The van der Waals surface area contributed by atoms with Gasteiger partial charge in [-0.2, -0.15) is 0 Å². The number of nitro groups is 1. The second kappa shape index (κ2) is 6.30. The molecule has 21 heavy (non-hydrogen) atoms. The molecule has 0 radical (unpaired) electrons. The minimum absolute atomic E-state index is 0.0324. The van der Waals surface area contributed by atoms with Crippen LogP contribution < -0.4 is 0 Å². The van der Waals surface area contributed by atoms with Gasteiger partial charge < -0.3 is 4.57 Å². The molecule has 0 N–H and O–H groups in total. The number of carbonyl (C=O) groups is 1. The van der Waals surface area contributed by atoms with Crippen LogP contribution in [0.3, 0.4) is 0 Å². The maximum atomic E-state index is 13.3. The SMILES string of the molecule is CCCC(=O)c1ccn(Cc2cc(F)ccc2[N+](=O)[O-])c1. The fraction of sp³-hybridized carbons (Fsp3) is 0.267. The van der Waals surface area contributed by atoms with Gasteiger partial charge in [-0.25, -0.2) is 4.39 Å². The molecule has 5 nitrogen and oxygen atoms in total. The molecule has 0 amide bonds. The molecule has 0 atom stereocenters. The first-order chi connectivity index (χ1) is 10.0. The summed E-state index contributed by atoms with van der Waals surface area (Å²) in [6.07, 6.45) is 4.52. The van der Waals surface area contributed by atoms with Crippen molar-refractivity contribution in [1.82, 2.24) is 4.57 Å². The Kier molecular flexibility index (Phi) is 4.47. The summed E-state index contributed by atoms with van der Waals surface area (Å²) in [5.41, 5.74) is 0.701. The maximum absolute atomic E-state index is 13.3. The van der Waals surface area contributed by atoms with Crippen LogP contribution in [0.2, 0.25) is 0 Å². The van der Waals surface area contributed by atoms with Gasteiger partial charge in [0.2, 0.25) is 0 Å². The zero-order valence-electron chi connectivity index (χ0n) is 11.6. The Hall–Kier alpha value is -2.50. The zero-order chi connectivity index (χ0) is 15.4. The topological polar surface area (TPSA) is 65.1 Å². The number of halogens is 1. The summed E-state index contributed by atoms with van der Waals surface area (Å²) < 4.78 is 14.9. The smallest absolute Gasteiger partial charge is 0.274 e. The molecule has 0 saturated carbocycles. The predicted molar refractivity (Wildman–Crippen MR) is 75.8 cm³/mol. The highest BCUT2D eigenvalue weighted by Gasteiger charge is 2.15. The molecule has 6 heteroatoms. The summed E-state index contributed by atoms with van der Waals surface area (Å²) in [6, 6.07) is 5.03. The van der Waals surface area contributed by atoms with Crippen molar-refractivity contribution in [1.29, 1.82) is 0 Å². The van der Waals surface area contributed by atoms with Crippen LogP contribution in [0.25, 0.3) is 0 Å². The van der Waals surface area contributed by atoms with Crippen LogP contribution in [0, 0.1) is 15.9 Å². The number of hydrogen-bond acceptors (Lipinski definition) is 3. The molecule has 0 fully saturated rings. The van der Waals surface area contributed by atoms with Gasteiger partial charge in [0.1, 0.15) is 5.82 Å². The minimum atomic E-state index is -0.540. The van der Waals surface area contributed by atoms with Crippen molar-refractivity contribution in [2.45, 2.75) is 26.3 Å². The van der Waals surface area contributed by atoms with Gasteiger partial charge in [-0.1, -0.05) is 6.92 Å². The van der Waals surface area contributed by atoms with Crippen LogP contribution in [0.1, 0.15) is 35.7 Å². The van der Waals surface area contributed by atoms with Gasteiger partial charge >= 0.3 is 0 Å². The zero-order valence-corrected chi connectivity index (χ0v) is 11.6. The average Bonchev–Trinajstić information content (AvgIpc) is 2.87. The van der Waals surface area contributed by atoms with E-state index in [4.69, 9.17) is 0 Å². The number of Topliss-reactive ketones (excluding diaryl/α,β-unsaturated/α-hetero) is 1. The van der Waals surface area contributed by atoms with E-state index < -0.39 is 10.7 Å². The number of rotatable bonds is 6. The fourth-order valence-electron chi connectivity index (χ4n) is 2.13. The number of nitro benzene ring substituents is 1. The molecule has 0 spiro atoms. The molecule has 0 unspecified atom stereocenters. The van der Waals surface area contributed by atoms with Crippen molar-refractivity contribution in [3.05, 3.63) is 63.7 Å². The third-order valence-electron chi connectivity index (χ3n) is 3.14. The van der Waals surface area contributed by atoms with E-state index in [-0.39, 0.29) is 23.6 Å². The number of hydrogen-bond donors (Lipinski definition) is 0.